The maximum Gasteiger partial charge on any atom is 0.259 e. The van der Waals surface area contributed by atoms with E-state index in [4.69, 9.17) is 15.2 Å². The van der Waals surface area contributed by atoms with Gasteiger partial charge >= 0.3 is 0 Å². The number of benzene rings is 2. The third-order valence-electron chi connectivity index (χ3n) is 4.98. The summed E-state index contributed by atoms with van der Waals surface area (Å²) in [5, 5.41) is 20.9. The van der Waals surface area contributed by atoms with Crippen LogP contribution in [-0.4, -0.2) is 50.4 Å². The van der Waals surface area contributed by atoms with Gasteiger partial charge in [0.1, 0.15) is 17.2 Å². The molecule has 160 valence electrons. The number of halogens is 1. The van der Waals surface area contributed by atoms with E-state index in [1.807, 2.05) is 24.3 Å². The summed E-state index contributed by atoms with van der Waals surface area (Å²) in [6.07, 6.45) is 1.88. The highest BCUT2D eigenvalue weighted by molar-refractivity contribution is 7.85. The van der Waals surface area contributed by atoms with Crippen LogP contribution < -0.4 is 5.48 Å². The molecule has 1 heterocycles. The van der Waals surface area contributed by atoms with Crippen molar-refractivity contribution < 1.29 is 28.5 Å². The third kappa shape index (κ3) is 5.10. The summed E-state index contributed by atoms with van der Waals surface area (Å²) in [4.78, 5) is 17.0. The Kier molecular flexibility index (Phi) is 7.30. The van der Waals surface area contributed by atoms with Gasteiger partial charge in [-0.1, -0.05) is 41.6 Å². The summed E-state index contributed by atoms with van der Waals surface area (Å²) >= 11 is 0. The number of rotatable bonds is 8. The fraction of sp³-hybridized carbons (Fsp3) is 0.333. The van der Waals surface area contributed by atoms with Crippen molar-refractivity contribution in [2.75, 3.05) is 12.9 Å². The van der Waals surface area contributed by atoms with Crippen molar-refractivity contribution in [2.45, 2.75) is 30.6 Å². The lowest BCUT2D eigenvalue weighted by atomic mass is 9.97. The molecule has 3 unspecified atom stereocenters. The van der Waals surface area contributed by atoms with E-state index in [1.54, 1.807) is 12.1 Å². The second-order valence-electron chi connectivity index (χ2n) is 7.03. The number of amides is 1. The molecule has 0 spiro atoms. The molecule has 2 aromatic rings. The van der Waals surface area contributed by atoms with Crippen molar-refractivity contribution in [1.29, 1.82) is 0 Å². The second kappa shape index (κ2) is 9.92. The van der Waals surface area contributed by atoms with Gasteiger partial charge in [0.05, 0.1) is 5.71 Å². The summed E-state index contributed by atoms with van der Waals surface area (Å²) in [7, 11) is -1.49. The Morgan fingerprint density at radius 1 is 1.30 bits per heavy atom. The van der Waals surface area contributed by atoms with Gasteiger partial charge in [0.15, 0.2) is 0 Å². The highest BCUT2D eigenvalue weighted by Gasteiger charge is 2.31. The summed E-state index contributed by atoms with van der Waals surface area (Å²) in [6, 6.07) is 12.1. The molecule has 3 N–H and O–H groups in total. The Morgan fingerprint density at radius 2 is 2.00 bits per heavy atom. The van der Waals surface area contributed by atoms with Crippen LogP contribution in [0.5, 0.6) is 0 Å². The molecule has 1 amide bonds. The monoisotopic (exact) mass is 434 g/mol. The van der Waals surface area contributed by atoms with Crippen LogP contribution in [0, 0.1) is 5.82 Å². The Hall–Kier alpha value is -2.62. The highest BCUT2D eigenvalue weighted by Crippen LogP contribution is 2.27. The summed E-state index contributed by atoms with van der Waals surface area (Å²) in [5.74, 6) is -1.14. The van der Waals surface area contributed by atoms with Crippen LogP contribution >= 0.6 is 0 Å². The minimum atomic E-state index is -1.49. The SMILES string of the molecule is CS(=O)C(CC1CC(c2ccc(-c3ccc(CCO)cc3)c(F)c2)=NO1)C(=O)NO. The smallest absolute Gasteiger partial charge is 0.259 e. The number of aliphatic hydroxyl groups is 1. The van der Waals surface area contributed by atoms with Gasteiger partial charge < -0.3 is 9.94 Å². The Morgan fingerprint density at radius 3 is 2.60 bits per heavy atom. The zero-order valence-corrected chi connectivity index (χ0v) is 17.2. The number of carbonyl (C=O) groups is 1. The molecule has 0 bridgehead atoms. The molecule has 0 saturated carbocycles. The van der Waals surface area contributed by atoms with Crippen molar-refractivity contribution in [3.8, 4) is 11.1 Å². The highest BCUT2D eigenvalue weighted by atomic mass is 32.2. The van der Waals surface area contributed by atoms with Crippen molar-refractivity contribution >= 4 is 22.4 Å². The minimum absolute atomic E-state index is 0.0627. The number of aliphatic hydroxyl groups excluding tert-OH is 1. The van der Waals surface area contributed by atoms with E-state index in [1.165, 1.54) is 17.8 Å². The van der Waals surface area contributed by atoms with Gasteiger partial charge in [-0.15, -0.1) is 0 Å². The number of hydroxylamine groups is 1. The standard InChI is InChI=1S/C21H23FN2O5S/c1-30(28)20(21(26)23-27)12-16-11-19(24-29-16)15-6-7-17(18(22)10-15)14-4-2-13(3-5-14)8-9-25/h2-7,10,16,20,25,27H,8-9,11-12H2,1H3,(H,23,26). The van der Waals surface area contributed by atoms with Crippen LogP contribution in [-0.2, 0) is 26.9 Å². The van der Waals surface area contributed by atoms with Gasteiger partial charge in [-0.05, 0) is 23.6 Å². The Bertz CT molecular complexity index is 964. The largest absolute Gasteiger partial charge is 0.396 e. The number of oxime groups is 1. The molecular weight excluding hydrogens is 411 g/mol. The summed E-state index contributed by atoms with van der Waals surface area (Å²) in [5.41, 5.74) is 4.77. The summed E-state index contributed by atoms with van der Waals surface area (Å²) < 4.78 is 26.5. The van der Waals surface area contributed by atoms with E-state index >= 15 is 0 Å². The number of nitrogens with one attached hydrogen (secondary N) is 1. The lowest BCUT2D eigenvalue weighted by Crippen LogP contribution is -2.37. The zero-order chi connectivity index (χ0) is 21.7. The average molecular weight is 434 g/mol. The normalized spacial score (nSPS) is 17.7. The van der Waals surface area contributed by atoms with E-state index < -0.39 is 33.9 Å². The molecular formula is C21H23FN2O5S. The van der Waals surface area contributed by atoms with Crippen LogP contribution in [0.2, 0.25) is 0 Å². The Labute approximate surface area is 176 Å². The van der Waals surface area contributed by atoms with Crippen molar-refractivity contribution in [3.63, 3.8) is 0 Å². The third-order valence-corrected chi connectivity index (χ3v) is 6.19. The lowest BCUT2D eigenvalue weighted by Gasteiger charge is -2.15. The fourth-order valence-electron chi connectivity index (χ4n) is 3.34. The molecule has 3 rings (SSSR count). The van der Waals surface area contributed by atoms with Gasteiger partial charge in [0, 0.05) is 47.6 Å². The predicted octanol–water partition coefficient (Wildman–Crippen LogP) is 2.16. The molecule has 0 fully saturated rings. The molecule has 9 heteroatoms. The zero-order valence-electron chi connectivity index (χ0n) is 16.4. The average Bonchev–Trinajstić information content (AvgIpc) is 3.21. The molecule has 0 radical (unpaired) electrons. The Balaban J connectivity index is 1.70. The molecule has 2 aromatic carbocycles. The minimum Gasteiger partial charge on any atom is -0.396 e. The lowest BCUT2D eigenvalue weighted by molar-refractivity contribution is -0.129. The molecule has 0 saturated heterocycles. The van der Waals surface area contributed by atoms with Gasteiger partial charge in [0.25, 0.3) is 5.91 Å². The summed E-state index contributed by atoms with van der Waals surface area (Å²) in [6.45, 7) is 0.0627. The first kappa shape index (κ1) is 22.1. The first-order chi connectivity index (χ1) is 14.4. The van der Waals surface area contributed by atoms with Gasteiger partial charge in [0.2, 0.25) is 0 Å². The van der Waals surface area contributed by atoms with E-state index in [0.717, 1.165) is 11.1 Å². The van der Waals surface area contributed by atoms with Crippen molar-refractivity contribution in [1.82, 2.24) is 5.48 Å². The van der Waals surface area contributed by atoms with Crippen LogP contribution in [0.15, 0.2) is 47.6 Å². The van der Waals surface area contributed by atoms with Gasteiger partial charge in [-0.2, -0.15) is 0 Å². The molecule has 30 heavy (non-hydrogen) atoms. The van der Waals surface area contributed by atoms with Crippen LogP contribution in [0.1, 0.15) is 24.0 Å². The van der Waals surface area contributed by atoms with E-state index in [9.17, 15) is 13.4 Å². The van der Waals surface area contributed by atoms with E-state index in [0.29, 0.717) is 29.7 Å². The first-order valence-electron chi connectivity index (χ1n) is 9.42. The first-order valence-corrected chi connectivity index (χ1v) is 11.0. The molecule has 7 nitrogen and oxygen atoms in total. The number of hydrogen-bond acceptors (Lipinski definition) is 6. The van der Waals surface area contributed by atoms with Crippen molar-refractivity contribution in [3.05, 3.63) is 59.4 Å². The van der Waals surface area contributed by atoms with Gasteiger partial charge in [-0.3, -0.25) is 14.2 Å². The maximum absolute atomic E-state index is 14.7. The fourth-order valence-corrected chi connectivity index (χ4v) is 4.18. The number of carbonyl (C=O) groups excluding carboxylic acids is 1. The van der Waals surface area contributed by atoms with Crippen molar-refractivity contribution in [2.24, 2.45) is 5.16 Å². The van der Waals surface area contributed by atoms with Crippen LogP contribution in [0.25, 0.3) is 11.1 Å². The molecule has 1 aliphatic heterocycles. The van der Waals surface area contributed by atoms with Gasteiger partial charge in [-0.25, -0.2) is 9.87 Å². The molecule has 0 aromatic heterocycles. The maximum atomic E-state index is 14.7. The van der Waals surface area contributed by atoms with Crippen LogP contribution in [0.3, 0.4) is 0 Å². The van der Waals surface area contributed by atoms with Crippen LogP contribution in [0.4, 0.5) is 4.39 Å². The predicted molar refractivity (Wildman–Crippen MR) is 111 cm³/mol. The quantitative estimate of drug-likeness (QED) is 0.436. The molecule has 1 aliphatic rings. The van der Waals surface area contributed by atoms with E-state index in [-0.39, 0.29) is 13.0 Å². The second-order valence-corrected chi connectivity index (χ2v) is 8.60. The number of nitrogens with zero attached hydrogens (tertiary/aromatic N) is 1. The molecule has 0 aliphatic carbocycles. The number of hydrogen-bond donors (Lipinski definition) is 3. The van der Waals surface area contributed by atoms with E-state index in [2.05, 4.69) is 5.16 Å². The topological polar surface area (TPSA) is 108 Å². The molecule has 3 atom stereocenters.